The van der Waals surface area contributed by atoms with Gasteiger partial charge in [-0.1, -0.05) is 34.1 Å². The first-order valence-corrected chi connectivity index (χ1v) is 8.58. The van der Waals surface area contributed by atoms with E-state index in [1.54, 1.807) is 24.3 Å². The number of Topliss-reactive ketones (excluding diaryl/α,β-unsaturated/α-hetero) is 1. The number of carbonyl (C=O) groups is 2. The number of aromatic nitrogens is 1. The van der Waals surface area contributed by atoms with Crippen molar-refractivity contribution >= 4 is 38.7 Å². The van der Waals surface area contributed by atoms with E-state index in [-0.39, 0.29) is 5.78 Å². The zero-order chi connectivity index (χ0) is 16.7. The number of benzene rings is 2. The van der Waals surface area contributed by atoms with Crippen LogP contribution in [0.4, 0.5) is 4.79 Å². The van der Waals surface area contributed by atoms with Gasteiger partial charge in [-0.05, 0) is 48.7 Å². The normalized spacial score (nSPS) is 13.8. The zero-order valence-corrected chi connectivity index (χ0v) is 14.4. The van der Waals surface area contributed by atoms with Crippen LogP contribution in [-0.4, -0.2) is 16.4 Å². The summed E-state index contributed by atoms with van der Waals surface area (Å²) in [6.45, 7) is 0. The Morgan fingerprint density at radius 3 is 2.67 bits per heavy atom. The molecule has 0 amide bonds. The third-order valence-corrected chi connectivity index (χ3v) is 4.75. The van der Waals surface area contributed by atoms with Gasteiger partial charge in [-0.2, -0.15) is 0 Å². The number of carbonyl (C=O) groups excluding carboxylic acids is 2. The quantitative estimate of drug-likeness (QED) is 0.595. The minimum atomic E-state index is -0.551. The van der Waals surface area contributed by atoms with Gasteiger partial charge in [0.15, 0.2) is 5.78 Å². The van der Waals surface area contributed by atoms with Gasteiger partial charge in [0.25, 0.3) is 0 Å². The second-order valence-electron chi connectivity index (χ2n) is 5.78. The number of hydrogen-bond acceptors (Lipinski definition) is 3. The molecule has 0 saturated carbocycles. The molecule has 3 aromatic rings. The molecular formula is C19H14BrNO3. The highest BCUT2D eigenvalue weighted by Crippen LogP contribution is 2.34. The van der Waals surface area contributed by atoms with E-state index < -0.39 is 6.09 Å². The molecule has 0 spiro atoms. The SMILES string of the molecule is O=C1CCCc2c1n(C(=O)Oc1ccccc1)c1ccc(Br)cc21. The fraction of sp³-hybridized carbons (Fsp3) is 0.158. The van der Waals surface area contributed by atoms with Crippen molar-refractivity contribution in [2.24, 2.45) is 0 Å². The molecule has 0 saturated heterocycles. The fourth-order valence-electron chi connectivity index (χ4n) is 3.24. The smallest absolute Gasteiger partial charge is 0.410 e. The summed E-state index contributed by atoms with van der Waals surface area (Å²) in [5.74, 6) is 0.451. The highest BCUT2D eigenvalue weighted by Gasteiger charge is 2.29. The monoisotopic (exact) mass is 383 g/mol. The van der Waals surface area contributed by atoms with Crippen LogP contribution in [0.15, 0.2) is 53.0 Å². The van der Waals surface area contributed by atoms with Gasteiger partial charge in [0.1, 0.15) is 5.75 Å². The maximum absolute atomic E-state index is 12.8. The average Bonchev–Trinajstić information content (AvgIpc) is 2.91. The lowest BCUT2D eigenvalue weighted by molar-refractivity contribution is 0.0962. The minimum Gasteiger partial charge on any atom is -0.410 e. The van der Waals surface area contributed by atoms with Crippen molar-refractivity contribution in [2.45, 2.75) is 19.3 Å². The van der Waals surface area contributed by atoms with E-state index in [0.29, 0.717) is 23.4 Å². The Morgan fingerprint density at radius 1 is 1.08 bits per heavy atom. The van der Waals surface area contributed by atoms with Crippen molar-refractivity contribution in [1.82, 2.24) is 4.57 Å². The Morgan fingerprint density at radius 2 is 1.88 bits per heavy atom. The topological polar surface area (TPSA) is 48.3 Å². The molecule has 0 radical (unpaired) electrons. The predicted molar refractivity (Wildman–Crippen MR) is 94.8 cm³/mol. The summed E-state index contributed by atoms with van der Waals surface area (Å²) in [6.07, 6.45) is 1.51. The molecule has 24 heavy (non-hydrogen) atoms. The van der Waals surface area contributed by atoms with Crippen LogP contribution in [0.1, 0.15) is 28.9 Å². The number of fused-ring (bicyclic) bond motifs is 3. The van der Waals surface area contributed by atoms with Crippen LogP contribution in [0.5, 0.6) is 5.75 Å². The average molecular weight is 384 g/mol. The molecule has 2 aromatic carbocycles. The second kappa shape index (κ2) is 5.91. The van der Waals surface area contributed by atoms with Gasteiger partial charge in [-0.15, -0.1) is 0 Å². The van der Waals surface area contributed by atoms with Crippen molar-refractivity contribution in [3.8, 4) is 5.75 Å². The van der Waals surface area contributed by atoms with Crippen LogP contribution in [0.2, 0.25) is 0 Å². The summed E-state index contributed by atoms with van der Waals surface area (Å²) in [4.78, 5) is 25.2. The minimum absolute atomic E-state index is 0.00594. The number of hydrogen-bond donors (Lipinski definition) is 0. The molecule has 0 unspecified atom stereocenters. The summed E-state index contributed by atoms with van der Waals surface area (Å²) in [6, 6.07) is 14.6. The van der Waals surface area contributed by atoms with Gasteiger partial charge >= 0.3 is 6.09 Å². The Balaban J connectivity index is 1.89. The molecule has 120 valence electrons. The molecule has 1 aliphatic rings. The van der Waals surface area contributed by atoms with Gasteiger partial charge in [0.05, 0.1) is 11.2 Å². The molecule has 0 aliphatic heterocycles. The second-order valence-corrected chi connectivity index (χ2v) is 6.70. The van der Waals surface area contributed by atoms with Crippen molar-refractivity contribution < 1.29 is 14.3 Å². The van der Waals surface area contributed by atoms with Crippen LogP contribution in [0.25, 0.3) is 10.9 Å². The van der Waals surface area contributed by atoms with Crippen LogP contribution < -0.4 is 4.74 Å². The molecule has 1 aromatic heterocycles. The van der Waals surface area contributed by atoms with E-state index >= 15 is 0 Å². The number of halogens is 1. The summed E-state index contributed by atoms with van der Waals surface area (Å²) in [7, 11) is 0. The number of ketones is 1. The maximum atomic E-state index is 12.8. The number of para-hydroxylation sites is 1. The van der Waals surface area contributed by atoms with Gasteiger partial charge < -0.3 is 4.74 Å². The summed E-state index contributed by atoms with van der Waals surface area (Å²) in [5.41, 5.74) is 2.11. The van der Waals surface area contributed by atoms with Gasteiger partial charge in [-0.25, -0.2) is 9.36 Å². The molecule has 4 nitrogen and oxygen atoms in total. The zero-order valence-electron chi connectivity index (χ0n) is 12.8. The Labute approximate surface area is 147 Å². The van der Waals surface area contributed by atoms with Crippen LogP contribution in [0.3, 0.4) is 0 Å². The third-order valence-electron chi connectivity index (χ3n) is 4.26. The molecule has 0 N–H and O–H groups in total. The largest absolute Gasteiger partial charge is 0.424 e. The lowest BCUT2D eigenvalue weighted by atomic mass is 9.94. The molecule has 0 fully saturated rings. The molecule has 5 heteroatoms. The number of rotatable bonds is 1. The highest BCUT2D eigenvalue weighted by atomic mass is 79.9. The molecule has 0 atom stereocenters. The van der Waals surface area contributed by atoms with Crippen molar-refractivity contribution in [3.63, 3.8) is 0 Å². The Kier molecular flexibility index (Phi) is 3.73. The Hall–Kier alpha value is -2.40. The van der Waals surface area contributed by atoms with Gasteiger partial charge in [0, 0.05) is 16.3 Å². The Bertz CT molecular complexity index is 960. The van der Waals surface area contributed by atoms with Crippen molar-refractivity contribution in [1.29, 1.82) is 0 Å². The van der Waals surface area contributed by atoms with E-state index in [9.17, 15) is 9.59 Å². The molecule has 4 rings (SSSR count). The fourth-order valence-corrected chi connectivity index (χ4v) is 3.60. The van der Waals surface area contributed by atoms with E-state index in [1.165, 1.54) is 4.57 Å². The highest BCUT2D eigenvalue weighted by molar-refractivity contribution is 9.10. The lowest BCUT2D eigenvalue weighted by Gasteiger charge is -2.14. The maximum Gasteiger partial charge on any atom is 0.424 e. The molecule has 1 aliphatic carbocycles. The number of ether oxygens (including phenoxy) is 1. The van der Waals surface area contributed by atoms with Gasteiger partial charge in [-0.3, -0.25) is 4.79 Å². The predicted octanol–water partition coefficient (Wildman–Crippen LogP) is 4.97. The third kappa shape index (κ3) is 2.45. The first-order chi connectivity index (χ1) is 11.6. The van der Waals surface area contributed by atoms with E-state index in [1.807, 2.05) is 24.3 Å². The number of aryl methyl sites for hydroxylation is 1. The van der Waals surface area contributed by atoms with Gasteiger partial charge in [0.2, 0.25) is 0 Å². The van der Waals surface area contributed by atoms with Crippen molar-refractivity contribution in [3.05, 3.63) is 64.3 Å². The first-order valence-electron chi connectivity index (χ1n) is 7.78. The lowest BCUT2D eigenvalue weighted by Crippen LogP contribution is -2.23. The van der Waals surface area contributed by atoms with Crippen molar-refractivity contribution in [2.75, 3.05) is 0 Å². The molecule has 1 heterocycles. The van der Waals surface area contributed by atoms with Crippen LogP contribution in [0, 0.1) is 0 Å². The molecule has 0 bridgehead atoms. The van der Waals surface area contributed by atoms with E-state index in [2.05, 4.69) is 15.9 Å². The number of nitrogens with zero attached hydrogens (tertiary/aromatic N) is 1. The first kappa shape index (κ1) is 15.1. The summed E-state index contributed by atoms with van der Waals surface area (Å²) < 4.78 is 7.81. The van der Waals surface area contributed by atoms with E-state index in [0.717, 1.165) is 28.3 Å². The van der Waals surface area contributed by atoms with Crippen LogP contribution >= 0.6 is 15.9 Å². The van der Waals surface area contributed by atoms with Crippen LogP contribution in [-0.2, 0) is 6.42 Å². The summed E-state index contributed by atoms with van der Waals surface area (Å²) in [5, 5.41) is 0.928. The standard InChI is InChI=1S/C19H14BrNO3/c20-12-9-10-16-15(11-12)14-7-4-8-17(22)18(14)21(16)19(23)24-13-5-2-1-3-6-13/h1-3,5-6,9-11H,4,7-8H2. The summed E-state index contributed by atoms with van der Waals surface area (Å²) >= 11 is 3.47. The van der Waals surface area contributed by atoms with E-state index in [4.69, 9.17) is 4.74 Å². The molecular weight excluding hydrogens is 370 g/mol.